The van der Waals surface area contributed by atoms with E-state index in [2.05, 4.69) is 33.0 Å². The van der Waals surface area contributed by atoms with Crippen LogP contribution in [0.3, 0.4) is 0 Å². The van der Waals surface area contributed by atoms with Crippen LogP contribution in [0.5, 0.6) is 0 Å². The van der Waals surface area contributed by atoms with Gasteiger partial charge in [-0.05, 0) is 24.2 Å². The zero-order valence-corrected chi connectivity index (χ0v) is 11.8. The third-order valence-corrected chi connectivity index (χ3v) is 4.23. The van der Waals surface area contributed by atoms with Crippen molar-refractivity contribution in [2.45, 2.75) is 47.0 Å². The quantitative estimate of drug-likeness (QED) is 0.810. The number of aliphatic carboxylic acids is 1. The molecule has 4 nitrogen and oxygen atoms in total. The molecule has 3 atom stereocenters. The minimum absolute atomic E-state index is 0.0870. The fourth-order valence-electron chi connectivity index (χ4n) is 2.26. The fraction of sp³-hybridized carbons (Fsp3) is 0.857. The fourth-order valence-corrected chi connectivity index (χ4v) is 2.26. The molecule has 2 N–H and O–H groups in total. The lowest BCUT2D eigenvalue weighted by Crippen LogP contribution is -2.39. The second kappa shape index (κ2) is 5.72. The van der Waals surface area contributed by atoms with E-state index in [1.165, 1.54) is 0 Å². The first-order valence-electron chi connectivity index (χ1n) is 6.74. The Kier molecular flexibility index (Phi) is 4.77. The van der Waals surface area contributed by atoms with Crippen molar-refractivity contribution in [1.82, 2.24) is 5.32 Å². The molecule has 0 aromatic heterocycles. The monoisotopic (exact) mass is 255 g/mol. The first-order chi connectivity index (χ1) is 8.23. The summed E-state index contributed by atoms with van der Waals surface area (Å²) in [6.45, 7) is 9.13. The van der Waals surface area contributed by atoms with Crippen LogP contribution < -0.4 is 5.32 Å². The molecular weight excluding hydrogens is 230 g/mol. The van der Waals surface area contributed by atoms with Crippen LogP contribution in [0.25, 0.3) is 0 Å². The Labute approximate surface area is 109 Å². The summed E-state index contributed by atoms with van der Waals surface area (Å²) in [6.07, 6.45) is 2.17. The highest BCUT2D eigenvalue weighted by atomic mass is 16.4. The summed E-state index contributed by atoms with van der Waals surface area (Å²) >= 11 is 0. The summed E-state index contributed by atoms with van der Waals surface area (Å²) in [5.74, 6) is -1.39. The Hall–Kier alpha value is -1.06. The van der Waals surface area contributed by atoms with Crippen molar-refractivity contribution in [1.29, 1.82) is 0 Å². The molecular formula is C14H25NO3. The lowest BCUT2D eigenvalue weighted by Gasteiger charge is -2.28. The number of carbonyl (C=O) groups is 2. The van der Waals surface area contributed by atoms with Crippen LogP contribution in [0.2, 0.25) is 0 Å². The van der Waals surface area contributed by atoms with E-state index < -0.39 is 11.9 Å². The van der Waals surface area contributed by atoms with Gasteiger partial charge in [0, 0.05) is 6.54 Å². The van der Waals surface area contributed by atoms with Crippen LogP contribution in [0.4, 0.5) is 0 Å². The van der Waals surface area contributed by atoms with E-state index in [0.717, 1.165) is 6.42 Å². The number of carboxylic acid groups (broad SMARTS) is 1. The normalized spacial score (nSPS) is 25.8. The van der Waals surface area contributed by atoms with Gasteiger partial charge in [0.05, 0.1) is 11.8 Å². The largest absolute Gasteiger partial charge is 0.481 e. The lowest BCUT2D eigenvalue weighted by atomic mass is 9.82. The van der Waals surface area contributed by atoms with Crippen molar-refractivity contribution in [3.8, 4) is 0 Å². The van der Waals surface area contributed by atoms with E-state index >= 15 is 0 Å². The zero-order chi connectivity index (χ0) is 13.9. The molecule has 0 aromatic carbocycles. The minimum Gasteiger partial charge on any atom is -0.481 e. The highest BCUT2D eigenvalue weighted by Gasteiger charge is 2.37. The van der Waals surface area contributed by atoms with Crippen LogP contribution in [-0.4, -0.2) is 23.5 Å². The summed E-state index contributed by atoms with van der Waals surface area (Å²) in [6, 6.07) is 0. The molecule has 0 radical (unpaired) electrons. The topological polar surface area (TPSA) is 66.4 Å². The second-order valence-electron chi connectivity index (χ2n) is 6.49. The smallest absolute Gasteiger partial charge is 0.307 e. The molecule has 0 bridgehead atoms. The highest BCUT2D eigenvalue weighted by Crippen LogP contribution is 2.32. The van der Waals surface area contributed by atoms with Crippen molar-refractivity contribution >= 4 is 11.9 Å². The molecule has 1 aliphatic carbocycles. The van der Waals surface area contributed by atoms with E-state index in [-0.39, 0.29) is 17.2 Å². The van der Waals surface area contributed by atoms with E-state index in [1.807, 2.05) is 0 Å². The summed E-state index contributed by atoms with van der Waals surface area (Å²) in [5, 5.41) is 12.0. The van der Waals surface area contributed by atoms with Crippen LogP contribution in [0.15, 0.2) is 0 Å². The molecule has 1 amide bonds. The number of hydrogen-bond acceptors (Lipinski definition) is 2. The summed E-state index contributed by atoms with van der Waals surface area (Å²) in [4.78, 5) is 23.1. The Morgan fingerprint density at radius 1 is 1.28 bits per heavy atom. The lowest BCUT2D eigenvalue weighted by molar-refractivity contribution is -0.146. The number of nitrogens with one attached hydrogen (secondary N) is 1. The van der Waals surface area contributed by atoms with Crippen molar-refractivity contribution in [3.63, 3.8) is 0 Å². The van der Waals surface area contributed by atoms with Gasteiger partial charge in [-0.3, -0.25) is 9.59 Å². The van der Waals surface area contributed by atoms with Gasteiger partial charge in [-0.2, -0.15) is 0 Å². The maximum absolute atomic E-state index is 12.0. The first-order valence-corrected chi connectivity index (χ1v) is 6.74. The SMILES string of the molecule is CC(CNC(=O)[C@@H]1CCC[C@@H]1C(=O)O)C(C)(C)C. The van der Waals surface area contributed by atoms with Gasteiger partial charge in [-0.25, -0.2) is 0 Å². The number of carbonyl (C=O) groups excluding carboxylic acids is 1. The minimum atomic E-state index is -0.837. The highest BCUT2D eigenvalue weighted by molar-refractivity contribution is 5.85. The predicted molar refractivity (Wildman–Crippen MR) is 70.1 cm³/mol. The Balaban J connectivity index is 2.48. The summed E-state index contributed by atoms with van der Waals surface area (Å²) in [5.41, 5.74) is 0.148. The van der Waals surface area contributed by atoms with E-state index in [9.17, 15) is 9.59 Å². The van der Waals surface area contributed by atoms with Crippen LogP contribution in [-0.2, 0) is 9.59 Å². The number of amides is 1. The standard InChI is InChI=1S/C14H25NO3/c1-9(14(2,3)4)8-15-12(16)10-6-5-7-11(10)13(17)18/h9-11H,5-8H2,1-4H3,(H,15,16)(H,17,18)/t9?,10-,11+/m1/s1. The maximum Gasteiger partial charge on any atom is 0.307 e. The molecule has 4 heteroatoms. The molecule has 1 rings (SSSR count). The van der Waals surface area contributed by atoms with Gasteiger partial charge < -0.3 is 10.4 Å². The summed E-state index contributed by atoms with van der Waals surface area (Å²) in [7, 11) is 0. The van der Waals surface area contributed by atoms with E-state index in [0.29, 0.717) is 25.3 Å². The van der Waals surface area contributed by atoms with Gasteiger partial charge in [0.25, 0.3) is 0 Å². The van der Waals surface area contributed by atoms with Crippen molar-refractivity contribution in [2.24, 2.45) is 23.2 Å². The molecule has 104 valence electrons. The molecule has 0 saturated heterocycles. The van der Waals surface area contributed by atoms with E-state index in [4.69, 9.17) is 5.11 Å². The Bertz CT molecular complexity index is 319. The number of carboxylic acids is 1. The molecule has 0 aliphatic heterocycles. The molecule has 18 heavy (non-hydrogen) atoms. The van der Waals surface area contributed by atoms with Gasteiger partial charge in [-0.1, -0.05) is 34.1 Å². The Morgan fingerprint density at radius 3 is 2.33 bits per heavy atom. The van der Waals surface area contributed by atoms with Crippen LogP contribution in [0, 0.1) is 23.2 Å². The average Bonchev–Trinajstić information content (AvgIpc) is 2.72. The molecule has 1 saturated carbocycles. The molecule has 1 unspecified atom stereocenters. The third-order valence-electron chi connectivity index (χ3n) is 4.23. The van der Waals surface area contributed by atoms with Crippen molar-refractivity contribution in [3.05, 3.63) is 0 Å². The maximum atomic E-state index is 12.0. The van der Waals surface area contributed by atoms with Gasteiger partial charge in [-0.15, -0.1) is 0 Å². The molecule has 1 aliphatic rings. The van der Waals surface area contributed by atoms with Gasteiger partial charge in [0.1, 0.15) is 0 Å². The van der Waals surface area contributed by atoms with Crippen molar-refractivity contribution < 1.29 is 14.7 Å². The van der Waals surface area contributed by atoms with E-state index in [1.54, 1.807) is 0 Å². The predicted octanol–water partition coefficient (Wildman–Crippen LogP) is 2.29. The number of rotatable bonds is 4. The first kappa shape index (κ1) is 15.0. The molecule has 1 fully saturated rings. The van der Waals surface area contributed by atoms with Gasteiger partial charge in [0.2, 0.25) is 5.91 Å². The number of hydrogen-bond donors (Lipinski definition) is 2. The molecule has 0 spiro atoms. The average molecular weight is 255 g/mol. The second-order valence-corrected chi connectivity index (χ2v) is 6.49. The molecule has 0 heterocycles. The third kappa shape index (κ3) is 3.72. The van der Waals surface area contributed by atoms with Gasteiger partial charge in [0.15, 0.2) is 0 Å². The zero-order valence-electron chi connectivity index (χ0n) is 11.8. The molecule has 0 aromatic rings. The van der Waals surface area contributed by atoms with Crippen LogP contribution in [0.1, 0.15) is 47.0 Å². The van der Waals surface area contributed by atoms with Gasteiger partial charge >= 0.3 is 5.97 Å². The van der Waals surface area contributed by atoms with Crippen LogP contribution >= 0.6 is 0 Å². The summed E-state index contributed by atoms with van der Waals surface area (Å²) < 4.78 is 0. The Morgan fingerprint density at radius 2 is 1.83 bits per heavy atom. The van der Waals surface area contributed by atoms with Crippen molar-refractivity contribution in [2.75, 3.05) is 6.54 Å².